The van der Waals surface area contributed by atoms with E-state index < -0.39 is 11.7 Å². The van der Waals surface area contributed by atoms with Gasteiger partial charge < -0.3 is 9.80 Å². The molecule has 126 valence electrons. The van der Waals surface area contributed by atoms with Gasteiger partial charge in [-0.2, -0.15) is 13.2 Å². The van der Waals surface area contributed by atoms with Crippen molar-refractivity contribution < 1.29 is 18.0 Å². The molecule has 0 N–H and O–H groups in total. The van der Waals surface area contributed by atoms with Crippen LogP contribution in [0.1, 0.15) is 28.1 Å². The van der Waals surface area contributed by atoms with Gasteiger partial charge in [0, 0.05) is 19.1 Å². The van der Waals surface area contributed by atoms with Crippen LogP contribution in [-0.2, 0) is 6.18 Å². The summed E-state index contributed by atoms with van der Waals surface area (Å²) in [5.74, 6) is -0.225. The highest BCUT2D eigenvalue weighted by Gasteiger charge is 2.39. The zero-order valence-corrected chi connectivity index (χ0v) is 13.5. The molecule has 2 aliphatic heterocycles. The number of thiophene rings is 1. The summed E-state index contributed by atoms with van der Waals surface area (Å²) in [5, 5.41) is 1.80. The molecule has 1 aromatic heterocycles. The van der Waals surface area contributed by atoms with E-state index in [9.17, 15) is 18.0 Å². The lowest BCUT2D eigenvalue weighted by Gasteiger charge is -2.40. The second-order valence-electron chi connectivity index (χ2n) is 6.08. The molecule has 1 unspecified atom stereocenters. The van der Waals surface area contributed by atoms with Crippen LogP contribution >= 0.6 is 11.3 Å². The first kappa shape index (κ1) is 15.5. The molecule has 0 radical (unpaired) electrons. The van der Waals surface area contributed by atoms with Crippen molar-refractivity contribution in [1.82, 2.24) is 0 Å². The maximum Gasteiger partial charge on any atom is 0.416 e. The van der Waals surface area contributed by atoms with E-state index in [2.05, 4.69) is 4.90 Å². The van der Waals surface area contributed by atoms with E-state index in [1.165, 1.54) is 22.3 Å². The Morgan fingerprint density at radius 2 is 2.04 bits per heavy atom. The third-order valence-electron chi connectivity index (χ3n) is 4.65. The fraction of sp³-hybridized carbons (Fsp3) is 0.353. The number of rotatable bonds is 1. The Morgan fingerprint density at radius 1 is 1.21 bits per heavy atom. The molecule has 3 nitrogen and oxygen atoms in total. The fourth-order valence-electron chi connectivity index (χ4n) is 3.54. The van der Waals surface area contributed by atoms with Gasteiger partial charge in [-0.15, -0.1) is 11.3 Å². The van der Waals surface area contributed by atoms with Crippen molar-refractivity contribution >= 4 is 28.6 Å². The van der Waals surface area contributed by atoms with Gasteiger partial charge in [-0.1, -0.05) is 6.07 Å². The van der Waals surface area contributed by atoms with E-state index in [1.807, 2.05) is 0 Å². The summed E-state index contributed by atoms with van der Waals surface area (Å²) in [5.41, 5.74) is 0.367. The van der Waals surface area contributed by atoms with Crippen molar-refractivity contribution in [3.05, 3.63) is 46.2 Å². The van der Waals surface area contributed by atoms with Crippen molar-refractivity contribution in [2.45, 2.75) is 25.1 Å². The highest BCUT2D eigenvalue weighted by molar-refractivity contribution is 7.12. The van der Waals surface area contributed by atoms with Crippen molar-refractivity contribution in [2.24, 2.45) is 0 Å². The molecule has 1 aromatic carbocycles. The number of carbonyl (C=O) groups is 1. The summed E-state index contributed by atoms with van der Waals surface area (Å²) in [7, 11) is 0. The van der Waals surface area contributed by atoms with E-state index in [0.717, 1.165) is 37.2 Å². The molecule has 1 atom stereocenters. The van der Waals surface area contributed by atoms with Crippen molar-refractivity contribution in [3.8, 4) is 0 Å². The van der Waals surface area contributed by atoms with Crippen LogP contribution in [0.25, 0.3) is 0 Å². The summed E-state index contributed by atoms with van der Waals surface area (Å²) in [6, 6.07) is 7.38. The van der Waals surface area contributed by atoms with E-state index in [0.29, 0.717) is 17.1 Å². The van der Waals surface area contributed by atoms with Crippen LogP contribution in [0.3, 0.4) is 0 Å². The van der Waals surface area contributed by atoms with Crippen LogP contribution in [0.15, 0.2) is 35.7 Å². The van der Waals surface area contributed by atoms with E-state index in [1.54, 1.807) is 17.5 Å². The highest BCUT2D eigenvalue weighted by Crippen LogP contribution is 2.43. The Bertz CT molecular complexity index is 773. The average molecular weight is 352 g/mol. The number of carbonyl (C=O) groups excluding carboxylic acids is 1. The molecule has 0 bridgehead atoms. The van der Waals surface area contributed by atoms with Crippen LogP contribution in [0, 0.1) is 0 Å². The first-order valence-electron chi connectivity index (χ1n) is 7.78. The summed E-state index contributed by atoms with van der Waals surface area (Å²) >= 11 is 1.31. The number of anilines is 2. The number of benzene rings is 1. The Labute approximate surface area is 141 Å². The van der Waals surface area contributed by atoms with Gasteiger partial charge in [0.1, 0.15) is 0 Å². The first-order chi connectivity index (χ1) is 11.4. The Morgan fingerprint density at radius 3 is 2.75 bits per heavy atom. The third-order valence-corrected chi connectivity index (χ3v) is 5.51. The van der Waals surface area contributed by atoms with Crippen molar-refractivity contribution in [1.29, 1.82) is 0 Å². The van der Waals surface area contributed by atoms with Crippen molar-refractivity contribution in [2.75, 3.05) is 22.9 Å². The van der Waals surface area contributed by atoms with Crippen LogP contribution in [0.5, 0.6) is 0 Å². The van der Waals surface area contributed by atoms with Gasteiger partial charge in [0.2, 0.25) is 0 Å². The predicted molar refractivity (Wildman–Crippen MR) is 87.8 cm³/mol. The number of nitrogens with zero attached hydrogens (tertiary/aromatic N) is 2. The Kier molecular flexibility index (Phi) is 3.56. The second-order valence-corrected chi connectivity index (χ2v) is 7.03. The summed E-state index contributed by atoms with van der Waals surface area (Å²) < 4.78 is 39.3. The zero-order valence-electron chi connectivity index (χ0n) is 12.7. The largest absolute Gasteiger partial charge is 0.416 e. The second kappa shape index (κ2) is 5.51. The minimum absolute atomic E-state index is 0.179. The Hall–Kier alpha value is -2.02. The monoisotopic (exact) mass is 352 g/mol. The first-order valence-corrected chi connectivity index (χ1v) is 8.66. The molecule has 0 saturated carbocycles. The van der Waals surface area contributed by atoms with Crippen molar-refractivity contribution in [3.63, 3.8) is 0 Å². The fourth-order valence-corrected chi connectivity index (χ4v) is 4.21. The topological polar surface area (TPSA) is 23.6 Å². The summed E-state index contributed by atoms with van der Waals surface area (Å²) in [6.07, 6.45) is -2.48. The van der Waals surface area contributed by atoms with E-state index >= 15 is 0 Å². The van der Waals surface area contributed by atoms with Crippen LogP contribution in [0.2, 0.25) is 0 Å². The van der Waals surface area contributed by atoms with E-state index in [4.69, 9.17) is 0 Å². The number of amides is 1. The average Bonchev–Trinajstić information content (AvgIpc) is 3.23. The van der Waals surface area contributed by atoms with Gasteiger partial charge in [-0.05, 0) is 42.5 Å². The van der Waals surface area contributed by atoms with Gasteiger partial charge in [-0.25, -0.2) is 0 Å². The molecule has 24 heavy (non-hydrogen) atoms. The SMILES string of the molecule is O=C(c1cccs1)N1CC2CCCN2c2ccc(C(F)(F)F)cc21. The van der Waals surface area contributed by atoms with Gasteiger partial charge in [0.05, 0.1) is 21.8 Å². The standard InChI is InChI=1S/C17H15F3N2OS/c18-17(19,20)11-5-6-13-14(9-11)22(10-12-3-1-7-21(12)13)16(23)15-4-2-8-24-15/h2,4-6,8-9,12H,1,3,7,10H2. The smallest absolute Gasteiger partial charge is 0.365 e. The molecular weight excluding hydrogens is 337 g/mol. The molecule has 2 aromatic rings. The lowest BCUT2D eigenvalue weighted by molar-refractivity contribution is -0.137. The maximum absolute atomic E-state index is 13.1. The minimum Gasteiger partial charge on any atom is -0.365 e. The number of alkyl halides is 3. The maximum atomic E-state index is 13.1. The van der Waals surface area contributed by atoms with Gasteiger partial charge >= 0.3 is 6.18 Å². The number of fused-ring (bicyclic) bond motifs is 3. The van der Waals surface area contributed by atoms with Crippen LogP contribution < -0.4 is 9.80 Å². The lowest BCUT2D eigenvalue weighted by Crippen LogP contribution is -2.48. The normalized spacial score (nSPS) is 20.0. The molecule has 1 fully saturated rings. The molecule has 0 spiro atoms. The number of hydrogen-bond acceptors (Lipinski definition) is 3. The minimum atomic E-state index is -4.42. The van der Waals surface area contributed by atoms with Crippen LogP contribution in [0.4, 0.5) is 24.5 Å². The predicted octanol–water partition coefficient (Wildman–Crippen LogP) is 4.40. The highest BCUT2D eigenvalue weighted by atomic mass is 32.1. The quantitative estimate of drug-likeness (QED) is 0.760. The molecule has 1 saturated heterocycles. The molecule has 2 aliphatic rings. The number of halogens is 3. The van der Waals surface area contributed by atoms with Gasteiger partial charge in [0.15, 0.2) is 0 Å². The summed E-state index contributed by atoms with van der Waals surface area (Å²) in [6.45, 7) is 1.26. The third kappa shape index (κ3) is 2.47. The zero-order chi connectivity index (χ0) is 16.9. The lowest BCUT2D eigenvalue weighted by atomic mass is 10.0. The van der Waals surface area contributed by atoms with Gasteiger partial charge in [0.25, 0.3) is 5.91 Å². The Balaban J connectivity index is 1.81. The number of hydrogen-bond donors (Lipinski definition) is 0. The molecule has 1 amide bonds. The molecule has 4 rings (SSSR count). The van der Waals surface area contributed by atoms with Gasteiger partial charge in [-0.3, -0.25) is 4.79 Å². The molecule has 7 heteroatoms. The molecular formula is C17H15F3N2OS. The van der Waals surface area contributed by atoms with E-state index in [-0.39, 0.29) is 11.9 Å². The van der Waals surface area contributed by atoms with Crippen LogP contribution in [-0.4, -0.2) is 25.0 Å². The molecule has 3 heterocycles. The summed E-state index contributed by atoms with van der Waals surface area (Å²) in [4.78, 5) is 17.0. The molecule has 0 aliphatic carbocycles.